The smallest absolute Gasteiger partial charge is 0.358 e. The standard InChI is InChI=1S/C22H19N3O7S/c1-13(26)23(15-5-3-2-4-6-15)19-20(28)24-18(17(27)12-33-21(19)24)22(29)32-11-14-7-9-16(10-8-14)25(30)31/h2-10,19,21,27H,11-12H2,1H3/t19?,21-/m0/s1. The molecule has 1 N–H and O–H groups in total. The van der Waals surface area contributed by atoms with Gasteiger partial charge in [0.2, 0.25) is 5.91 Å². The number of carbonyl (C=O) groups is 3. The van der Waals surface area contributed by atoms with E-state index in [-0.39, 0.29) is 35.4 Å². The van der Waals surface area contributed by atoms with Crippen molar-refractivity contribution >= 4 is 40.9 Å². The summed E-state index contributed by atoms with van der Waals surface area (Å²) in [5.41, 5.74) is 0.724. The number of hydrogen-bond donors (Lipinski definition) is 1. The van der Waals surface area contributed by atoms with Crippen molar-refractivity contribution < 1.29 is 29.2 Å². The van der Waals surface area contributed by atoms with Crippen LogP contribution in [0.4, 0.5) is 11.4 Å². The second kappa shape index (κ2) is 8.94. The van der Waals surface area contributed by atoms with E-state index in [0.29, 0.717) is 11.3 Å². The molecule has 2 aliphatic rings. The monoisotopic (exact) mass is 469 g/mol. The van der Waals surface area contributed by atoms with Gasteiger partial charge in [-0.3, -0.25) is 29.5 Å². The third kappa shape index (κ3) is 4.14. The Kier molecular flexibility index (Phi) is 6.05. The second-order valence-corrected chi connectivity index (χ2v) is 8.48. The lowest BCUT2D eigenvalue weighted by atomic mass is 10.0. The number of nitro groups is 1. The second-order valence-electron chi connectivity index (χ2n) is 7.37. The van der Waals surface area contributed by atoms with Gasteiger partial charge in [0.1, 0.15) is 23.8 Å². The van der Waals surface area contributed by atoms with Crippen molar-refractivity contribution in [2.24, 2.45) is 0 Å². The number of anilines is 1. The van der Waals surface area contributed by atoms with Gasteiger partial charge in [0.15, 0.2) is 5.70 Å². The van der Waals surface area contributed by atoms with Crippen LogP contribution in [0.2, 0.25) is 0 Å². The topological polar surface area (TPSA) is 130 Å². The minimum absolute atomic E-state index is 0.0768. The fourth-order valence-corrected chi connectivity index (χ4v) is 4.98. The Labute approximate surface area is 192 Å². The van der Waals surface area contributed by atoms with E-state index < -0.39 is 28.2 Å². The predicted molar refractivity (Wildman–Crippen MR) is 119 cm³/mol. The first-order chi connectivity index (χ1) is 15.8. The van der Waals surface area contributed by atoms with Gasteiger partial charge >= 0.3 is 5.97 Å². The summed E-state index contributed by atoms with van der Waals surface area (Å²) in [6.07, 6.45) is 0. The number of fused-ring (bicyclic) bond motifs is 1. The van der Waals surface area contributed by atoms with Gasteiger partial charge in [-0.1, -0.05) is 18.2 Å². The van der Waals surface area contributed by atoms with Gasteiger partial charge in [-0.05, 0) is 29.8 Å². The quantitative estimate of drug-likeness (QED) is 0.296. The number of β-lactam (4-membered cyclic amide) rings is 1. The molecular weight excluding hydrogens is 450 g/mol. The van der Waals surface area contributed by atoms with E-state index in [2.05, 4.69) is 0 Å². The number of carbonyl (C=O) groups excluding carboxylic acids is 3. The highest BCUT2D eigenvalue weighted by atomic mass is 32.2. The Morgan fingerprint density at radius 1 is 1.21 bits per heavy atom. The van der Waals surface area contributed by atoms with Gasteiger partial charge in [0.25, 0.3) is 11.6 Å². The Morgan fingerprint density at radius 3 is 2.48 bits per heavy atom. The van der Waals surface area contributed by atoms with Gasteiger partial charge in [0.05, 0.1) is 10.7 Å². The third-order valence-electron chi connectivity index (χ3n) is 5.28. The van der Waals surface area contributed by atoms with Gasteiger partial charge in [-0.2, -0.15) is 0 Å². The molecule has 11 heteroatoms. The highest BCUT2D eigenvalue weighted by Gasteiger charge is 2.57. The first kappa shape index (κ1) is 22.3. The van der Waals surface area contributed by atoms with Crippen LogP contribution < -0.4 is 4.90 Å². The molecule has 2 aromatic rings. The average molecular weight is 469 g/mol. The number of non-ortho nitro benzene ring substituents is 1. The molecule has 4 rings (SSSR count). The molecule has 0 aliphatic carbocycles. The summed E-state index contributed by atoms with van der Waals surface area (Å²) in [5.74, 6) is -1.92. The van der Waals surface area contributed by atoms with Crippen LogP contribution in [0.5, 0.6) is 0 Å². The van der Waals surface area contributed by atoms with Crippen molar-refractivity contribution in [2.45, 2.75) is 24.9 Å². The summed E-state index contributed by atoms with van der Waals surface area (Å²) >= 11 is 1.24. The van der Waals surface area contributed by atoms with Crippen molar-refractivity contribution in [2.75, 3.05) is 10.7 Å². The molecule has 2 aliphatic heterocycles. The normalized spacial score (nSPS) is 19.4. The molecule has 0 aromatic heterocycles. The van der Waals surface area contributed by atoms with E-state index in [0.717, 1.165) is 4.90 Å². The summed E-state index contributed by atoms with van der Waals surface area (Å²) in [7, 11) is 0. The number of aliphatic hydroxyl groups is 1. The zero-order valence-electron chi connectivity index (χ0n) is 17.4. The molecule has 2 aromatic carbocycles. The predicted octanol–water partition coefficient (Wildman–Crippen LogP) is 2.74. The van der Waals surface area contributed by atoms with Crippen LogP contribution in [0.15, 0.2) is 66.1 Å². The number of nitro benzene ring substituents is 1. The number of rotatable bonds is 6. The van der Waals surface area contributed by atoms with Crippen LogP contribution in [0.1, 0.15) is 12.5 Å². The molecule has 0 bridgehead atoms. The van der Waals surface area contributed by atoms with E-state index >= 15 is 0 Å². The molecule has 0 radical (unpaired) electrons. The van der Waals surface area contributed by atoms with Crippen molar-refractivity contribution in [3.63, 3.8) is 0 Å². The van der Waals surface area contributed by atoms with E-state index in [9.17, 15) is 29.6 Å². The molecule has 33 heavy (non-hydrogen) atoms. The first-order valence-electron chi connectivity index (χ1n) is 9.91. The zero-order chi connectivity index (χ0) is 23.7. The number of amides is 2. The van der Waals surface area contributed by atoms with Gasteiger partial charge in [-0.25, -0.2) is 4.79 Å². The molecule has 0 spiro atoms. The Hall–Kier alpha value is -3.86. The SMILES string of the molecule is CC(=O)N(c1ccccc1)C1C(=O)N2C(C(=O)OCc3ccc([N+](=O)[O-])cc3)=C(O)CS[C@@H]12. The van der Waals surface area contributed by atoms with Crippen molar-refractivity contribution in [3.05, 3.63) is 81.7 Å². The van der Waals surface area contributed by atoms with Crippen LogP contribution >= 0.6 is 11.8 Å². The van der Waals surface area contributed by atoms with Crippen LogP contribution in [0, 0.1) is 10.1 Å². The first-order valence-corrected chi connectivity index (χ1v) is 11.0. The number of aliphatic hydroxyl groups excluding tert-OH is 1. The molecule has 1 fully saturated rings. The average Bonchev–Trinajstić information content (AvgIpc) is 2.81. The maximum absolute atomic E-state index is 13.1. The van der Waals surface area contributed by atoms with Crippen LogP contribution in [-0.2, 0) is 25.7 Å². The largest absolute Gasteiger partial charge is 0.509 e. The summed E-state index contributed by atoms with van der Waals surface area (Å²) in [6.45, 7) is 1.17. The third-order valence-corrected chi connectivity index (χ3v) is 6.53. The maximum Gasteiger partial charge on any atom is 0.358 e. The van der Waals surface area contributed by atoms with Crippen LogP contribution in [0.25, 0.3) is 0 Å². The minimum Gasteiger partial charge on any atom is -0.509 e. The number of para-hydroxylation sites is 1. The molecule has 10 nitrogen and oxygen atoms in total. The van der Waals surface area contributed by atoms with E-state index in [1.54, 1.807) is 30.3 Å². The maximum atomic E-state index is 13.1. The molecule has 1 saturated heterocycles. The molecular formula is C22H19N3O7S. The molecule has 2 heterocycles. The highest BCUT2D eigenvalue weighted by molar-refractivity contribution is 8.00. The number of hydrogen-bond acceptors (Lipinski definition) is 8. The number of benzene rings is 2. The highest BCUT2D eigenvalue weighted by Crippen LogP contribution is 2.43. The van der Waals surface area contributed by atoms with E-state index in [1.807, 2.05) is 0 Å². The number of nitrogens with zero attached hydrogens (tertiary/aromatic N) is 3. The Morgan fingerprint density at radius 2 is 1.88 bits per heavy atom. The van der Waals surface area contributed by atoms with Gasteiger partial charge in [-0.15, -0.1) is 11.8 Å². The number of esters is 1. The molecule has 1 unspecified atom stereocenters. The van der Waals surface area contributed by atoms with Crippen molar-refractivity contribution in [3.8, 4) is 0 Å². The van der Waals surface area contributed by atoms with Crippen LogP contribution in [0.3, 0.4) is 0 Å². The molecule has 170 valence electrons. The lowest BCUT2D eigenvalue weighted by Crippen LogP contribution is -2.71. The summed E-state index contributed by atoms with van der Waals surface area (Å²) in [5, 5.41) is 20.5. The van der Waals surface area contributed by atoms with Crippen molar-refractivity contribution in [1.82, 2.24) is 4.90 Å². The van der Waals surface area contributed by atoms with Crippen LogP contribution in [-0.4, -0.2) is 49.9 Å². The molecule has 0 saturated carbocycles. The van der Waals surface area contributed by atoms with Gasteiger partial charge in [0, 0.05) is 24.7 Å². The minimum atomic E-state index is -0.892. The van der Waals surface area contributed by atoms with Crippen molar-refractivity contribution in [1.29, 1.82) is 0 Å². The zero-order valence-corrected chi connectivity index (χ0v) is 18.2. The summed E-state index contributed by atoms with van der Waals surface area (Å²) < 4.78 is 5.26. The van der Waals surface area contributed by atoms with E-state index in [4.69, 9.17) is 4.74 Å². The van der Waals surface area contributed by atoms with Gasteiger partial charge < -0.3 is 9.84 Å². The Balaban J connectivity index is 1.50. The molecule has 2 amide bonds. The number of ether oxygens (including phenoxy) is 1. The Bertz CT molecular complexity index is 1150. The van der Waals surface area contributed by atoms with E-state index in [1.165, 1.54) is 47.9 Å². The fraction of sp³-hybridized carbons (Fsp3) is 0.227. The summed E-state index contributed by atoms with van der Waals surface area (Å²) in [6, 6.07) is 13.4. The lowest BCUT2D eigenvalue weighted by Gasteiger charge is -2.52. The number of thioether (sulfide) groups is 1. The summed E-state index contributed by atoms with van der Waals surface area (Å²) in [4.78, 5) is 50.9. The fourth-order valence-electron chi connectivity index (χ4n) is 3.74. The lowest BCUT2D eigenvalue weighted by molar-refractivity contribution is -0.384. The molecule has 2 atom stereocenters.